The van der Waals surface area contributed by atoms with Gasteiger partial charge in [-0.3, -0.25) is 4.79 Å². The molecule has 0 radical (unpaired) electrons. The lowest BCUT2D eigenvalue weighted by Crippen LogP contribution is -2.46. The van der Waals surface area contributed by atoms with Gasteiger partial charge in [-0.15, -0.1) is 0 Å². The molecule has 4 heterocycles. The van der Waals surface area contributed by atoms with Crippen LogP contribution in [-0.4, -0.2) is 45.5 Å². The summed E-state index contributed by atoms with van der Waals surface area (Å²) in [6.45, 7) is 3.32. The van der Waals surface area contributed by atoms with Crippen molar-refractivity contribution in [1.29, 1.82) is 0 Å². The molecule has 1 amide bonds. The molecule has 3 N–H and O–H groups in total. The van der Waals surface area contributed by atoms with Crippen molar-refractivity contribution in [3.05, 3.63) is 42.5 Å². The number of nitrogens with zero attached hydrogens (tertiary/aromatic N) is 5. The highest BCUT2D eigenvalue weighted by Gasteiger charge is 2.36. The van der Waals surface area contributed by atoms with Crippen LogP contribution in [-0.2, 0) is 4.79 Å². The molecule has 4 rings (SSSR count). The molecule has 0 fully saturated rings. The van der Waals surface area contributed by atoms with E-state index in [1.165, 1.54) is 0 Å². The van der Waals surface area contributed by atoms with Crippen molar-refractivity contribution in [1.82, 2.24) is 19.9 Å². The summed E-state index contributed by atoms with van der Waals surface area (Å²) in [5.41, 5.74) is -0.347. The van der Waals surface area contributed by atoms with Crippen LogP contribution in [0.25, 0.3) is 0 Å². The fourth-order valence-corrected chi connectivity index (χ4v) is 2.76. The second-order valence-corrected chi connectivity index (χ2v) is 7.55. The van der Waals surface area contributed by atoms with Crippen molar-refractivity contribution in [2.45, 2.75) is 19.4 Å². The smallest absolute Gasteiger partial charge is 0.269 e. The van der Waals surface area contributed by atoms with Gasteiger partial charge >= 0.3 is 0 Å². The third-order valence-electron chi connectivity index (χ3n) is 4.45. The molecule has 10 nitrogen and oxygen atoms in total. The van der Waals surface area contributed by atoms with E-state index < -0.39 is 11.4 Å². The molecule has 0 saturated heterocycles. The molecule has 1 aliphatic rings. The largest absolute Gasteiger partial charge is 0.474 e. The number of fused-ring (bicyclic) bond motifs is 1. The zero-order valence-electron chi connectivity index (χ0n) is 17.4. The summed E-state index contributed by atoms with van der Waals surface area (Å²) in [6, 6.07) is 6.89. The highest BCUT2D eigenvalue weighted by molar-refractivity contribution is 5.99. The zero-order chi connectivity index (χ0) is 22.2. The maximum atomic E-state index is 14.3. The minimum Gasteiger partial charge on any atom is -0.474 e. The van der Waals surface area contributed by atoms with Gasteiger partial charge in [-0.1, -0.05) is 0 Å². The molecule has 3 aromatic heterocycles. The molecule has 0 aromatic carbocycles. The van der Waals surface area contributed by atoms with Gasteiger partial charge in [-0.2, -0.15) is 4.98 Å². The molecule has 160 valence electrons. The van der Waals surface area contributed by atoms with Crippen molar-refractivity contribution in [2.24, 2.45) is 0 Å². The van der Waals surface area contributed by atoms with Gasteiger partial charge in [-0.05, 0) is 38.1 Å². The molecule has 11 heteroatoms. The van der Waals surface area contributed by atoms with Crippen molar-refractivity contribution in [3.8, 4) is 5.75 Å². The lowest BCUT2D eigenvalue weighted by Gasteiger charge is -2.30. The Morgan fingerprint density at radius 2 is 1.87 bits per heavy atom. The van der Waals surface area contributed by atoms with Crippen LogP contribution in [0.3, 0.4) is 0 Å². The van der Waals surface area contributed by atoms with Gasteiger partial charge in [0, 0.05) is 14.1 Å². The first-order valence-corrected chi connectivity index (χ1v) is 9.43. The standard InChI is InChI=1S/C20H21FN8O2/c1-20(2)18(30)27-17-13(31-20)6-7-14(26-17)25-16-12(21)10-23-19(28-16)24-11-5-8-15(22-9-11)29(3)4/h5-10H,1-4H3,(H3,23,24,25,26,27,28,30). The van der Waals surface area contributed by atoms with E-state index in [1.54, 1.807) is 32.2 Å². The Morgan fingerprint density at radius 3 is 2.58 bits per heavy atom. The number of ether oxygens (including phenoxy) is 1. The predicted octanol–water partition coefficient (Wildman–Crippen LogP) is 3.07. The van der Waals surface area contributed by atoms with Gasteiger partial charge in [0.05, 0.1) is 18.1 Å². The molecule has 0 atom stereocenters. The lowest BCUT2D eigenvalue weighted by atomic mass is 10.1. The normalized spacial score (nSPS) is 14.2. The number of nitrogens with one attached hydrogen (secondary N) is 3. The number of amides is 1. The third kappa shape index (κ3) is 4.29. The molecule has 0 aliphatic carbocycles. The Labute approximate surface area is 177 Å². The molecular formula is C20H21FN8O2. The van der Waals surface area contributed by atoms with E-state index in [2.05, 4.69) is 35.9 Å². The SMILES string of the molecule is CN(C)c1ccc(Nc2ncc(F)c(Nc3ccc4c(n3)NC(=O)C(C)(C)O4)n2)cn1. The Bertz CT molecular complexity index is 1130. The topological polar surface area (TPSA) is 117 Å². The first kappa shape index (κ1) is 20.3. The van der Waals surface area contributed by atoms with Crippen LogP contribution >= 0.6 is 0 Å². The molecule has 3 aromatic rings. The summed E-state index contributed by atoms with van der Waals surface area (Å²) in [5.74, 6) is 0.869. The summed E-state index contributed by atoms with van der Waals surface area (Å²) in [5, 5.41) is 8.47. The van der Waals surface area contributed by atoms with Gasteiger partial charge in [0.1, 0.15) is 11.6 Å². The van der Waals surface area contributed by atoms with E-state index in [0.29, 0.717) is 11.4 Å². The molecule has 0 saturated carbocycles. The average molecular weight is 424 g/mol. The van der Waals surface area contributed by atoms with E-state index in [4.69, 9.17) is 4.74 Å². The number of rotatable bonds is 5. The van der Waals surface area contributed by atoms with Gasteiger partial charge in [0.2, 0.25) is 5.95 Å². The summed E-state index contributed by atoms with van der Waals surface area (Å²) in [7, 11) is 3.78. The number of pyridine rings is 2. The molecule has 31 heavy (non-hydrogen) atoms. The maximum absolute atomic E-state index is 14.3. The van der Waals surface area contributed by atoms with Crippen LogP contribution in [0.15, 0.2) is 36.7 Å². The Morgan fingerprint density at radius 1 is 1.06 bits per heavy atom. The van der Waals surface area contributed by atoms with Gasteiger partial charge < -0.3 is 25.6 Å². The second kappa shape index (κ2) is 7.67. The fourth-order valence-electron chi connectivity index (χ4n) is 2.76. The van der Waals surface area contributed by atoms with Gasteiger partial charge in [0.25, 0.3) is 5.91 Å². The summed E-state index contributed by atoms with van der Waals surface area (Å²) in [6.07, 6.45) is 2.68. The van der Waals surface area contributed by atoms with Gasteiger partial charge in [0.15, 0.2) is 28.8 Å². The number of aromatic nitrogens is 4. The first-order valence-electron chi connectivity index (χ1n) is 9.43. The van der Waals surface area contributed by atoms with E-state index in [-0.39, 0.29) is 29.3 Å². The van der Waals surface area contributed by atoms with Crippen molar-refractivity contribution in [3.63, 3.8) is 0 Å². The summed E-state index contributed by atoms with van der Waals surface area (Å²) >= 11 is 0. The van der Waals surface area contributed by atoms with Crippen LogP contribution < -0.4 is 25.6 Å². The summed E-state index contributed by atoms with van der Waals surface area (Å²) in [4.78, 5) is 30.7. The number of halogens is 1. The Hall–Kier alpha value is -4.02. The Kier molecular flexibility index (Phi) is 5.01. The van der Waals surface area contributed by atoms with Crippen LogP contribution in [0.1, 0.15) is 13.8 Å². The zero-order valence-corrected chi connectivity index (χ0v) is 17.4. The maximum Gasteiger partial charge on any atom is 0.269 e. The number of anilines is 6. The average Bonchev–Trinajstić information content (AvgIpc) is 2.72. The van der Waals surface area contributed by atoms with E-state index in [1.807, 2.05) is 31.1 Å². The van der Waals surface area contributed by atoms with E-state index >= 15 is 0 Å². The van der Waals surface area contributed by atoms with E-state index in [0.717, 1.165) is 12.0 Å². The Balaban J connectivity index is 1.53. The lowest BCUT2D eigenvalue weighted by molar-refractivity contribution is -0.129. The molecule has 0 bridgehead atoms. The minimum absolute atomic E-state index is 0.0776. The van der Waals surface area contributed by atoms with Crippen LogP contribution in [0.4, 0.5) is 39.3 Å². The quantitative estimate of drug-likeness (QED) is 0.568. The number of carbonyl (C=O) groups excluding carboxylic acids is 1. The molecule has 1 aliphatic heterocycles. The van der Waals surface area contributed by atoms with E-state index in [9.17, 15) is 9.18 Å². The molecular weight excluding hydrogens is 403 g/mol. The second-order valence-electron chi connectivity index (χ2n) is 7.55. The highest BCUT2D eigenvalue weighted by atomic mass is 19.1. The highest BCUT2D eigenvalue weighted by Crippen LogP contribution is 2.33. The monoisotopic (exact) mass is 424 g/mol. The first-order chi connectivity index (χ1) is 14.7. The van der Waals surface area contributed by atoms with Crippen molar-refractivity contribution < 1.29 is 13.9 Å². The fraction of sp³-hybridized carbons (Fsp3) is 0.250. The van der Waals surface area contributed by atoms with Crippen LogP contribution in [0, 0.1) is 5.82 Å². The molecule has 0 spiro atoms. The predicted molar refractivity (Wildman–Crippen MR) is 115 cm³/mol. The summed E-state index contributed by atoms with van der Waals surface area (Å²) < 4.78 is 19.9. The third-order valence-corrected chi connectivity index (χ3v) is 4.45. The van der Waals surface area contributed by atoms with Gasteiger partial charge in [-0.25, -0.2) is 19.3 Å². The molecule has 0 unspecified atom stereocenters. The van der Waals surface area contributed by atoms with Crippen LogP contribution in [0.2, 0.25) is 0 Å². The van der Waals surface area contributed by atoms with Crippen LogP contribution in [0.5, 0.6) is 5.75 Å². The van der Waals surface area contributed by atoms with Crippen molar-refractivity contribution in [2.75, 3.05) is 34.9 Å². The number of carbonyl (C=O) groups is 1. The minimum atomic E-state index is -0.997. The van der Waals surface area contributed by atoms with Crippen molar-refractivity contribution >= 4 is 40.8 Å². The number of hydrogen-bond acceptors (Lipinski definition) is 9. The number of hydrogen-bond donors (Lipinski definition) is 3.